The van der Waals surface area contributed by atoms with Crippen LogP contribution in [0.25, 0.3) is 11.6 Å². The highest BCUT2D eigenvalue weighted by molar-refractivity contribution is 5.94. The summed E-state index contributed by atoms with van der Waals surface area (Å²) in [6.45, 7) is 1.57. The summed E-state index contributed by atoms with van der Waals surface area (Å²) in [6.07, 6.45) is 13.3. The fourth-order valence-electron chi connectivity index (χ4n) is 4.51. The molecule has 5 rings (SSSR count). The van der Waals surface area contributed by atoms with Crippen LogP contribution in [-0.2, 0) is 16.0 Å². The summed E-state index contributed by atoms with van der Waals surface area (Å²) in [5, 5.41) is 2.78. The zero-order chi connectivity index (χ0) is 19.8. The molecule has 154 valence electrons. The summed E-state index contributed by atoms with van der Waals surface area (Å²) in [7, 11) is 0. The number of nitrogens with zero attached hydrogens (tertiary/aromatic N) is 3. The van der Waals surface area contributed by atoms with Crippen LogP contribution in [-0.4, -0.2) is 39.8 Å². The molecule has 0 spiro atoms. The summed E-state index contributed by atoms with van der Waals surface area (Å²) >= 11 is 0. The molecular weight excluding hydrogens is 376 g/mol. The Morgan fingerprint density at radius 2 is 2.03 bits per heavy atom. The van der Waals surface area contributed by atoms with E-state index in [2.05, 4.69) is 33.5 Å². The van der Waals surface area contributed by atoms with Gasteiger partial charge in [-0.05, 0) is 71.2 Å². The second kappa shape index (κ2) is 8.22. The number of hydrogen-bond donors (Lipinski definition) is 1. The first-order valence-electron chi connectivity index (χ1n) is 10.0. The third-order valence-corrected chi connectivity index (χ3v) is 6.04. The van der Waals surface area contributed by atoms with E-state index in [-0.39, 0.29) is 19.2 Å². The maximum atomic E-state index is 12.7. The van der Waals surface area contributed by atoms with E-state index < -0.39 is 0 Å². The predicted octanol–water partition coefficient (Wildman–Crippen LogP) is 3.57. The number of rotatable bonds is 3. The third kappa shape index (κ3) is 3.90. The van der Waals surface area contributed by atoms with Crippen molar-refractivity contribution in [2.75, 3.05) is 18.4 Å². The second-order valence-electron chi connectivity index (χ2n) is 7.96. The minimum atomic E-state index is 0. The molecule has 4 heterocycles. The molecule has 2 aliphatic heterocycles. The number of carbonyl (C=O) groups excluding carboxylic acids is 2. The SMILES string of the molecule is C.O=C1CCc2cc(/C=C/C(=O)N3CC4C=C(c5ccncc5)CC4C3)cnc2N1. The van der Waals surface area contributed by atoms with Gasteiger partial charge in [0.05, 0.1) is 0 Å². The highest BCUT2D eigenvalue weighted by Crippen LogP contribution is 2.40. The van der Waals surface area contributed by atoms with Crippen molar-refractivity contribution >= 4 is 29.3 Å². The van der Waals surface area contributed by atoms with Crippen molar-refractivity contribution in [3.63, 3.8) is 0 Å². The van der Waals surface area contributed by atoms with Gasteiger partial charge in [-0.1, -0.05) is 13.5 Å². The highest BCUT2D eigenvalue weighted by atomic mass is 16.2. The van der Waals surface area contributed by atoms with E-state index in [0.717, 1.165) is 30.6 Å². The van der Waals surface area contributed by atoms with Crippen LogP contribution < -0.4 is 5.32 Å². The molecule has 2 aromatic rings. The average Bonchev–Trinajstić information content (AvgIpc) is 3.32. The van der Waals surface area contributed by atoms with Crippen LogP contribution in [0.5, 0.6) is 0 Å². The number of carbonyl (C=O) groups is 2. The fraction of sp³-hybridized carbons (Fsp3) is 0.333. The van der Waals surface area contributed by atoms with Gasteiger partial charge in [-0.2, -0.15) is 0 Å². The maximum Gasteiger partial charge on any atom is 0.246 e. The number of fused-ring (bicyclic) bond motifs is 2. The van der Waals surface area contributed by atoms with Gasteiger partial charge in [0.1, 0.15) is 5.82 Å². The largest absolute Gasteiger partial charge is 0.338 e. The topological polar surface area (TPSA) is 75.2 Å². The van der Waals surface area contributed by atoms with Crippen molar-refractivity contribution < 1.29 is 9.59 Å². The Morgan fingerprint density at radius 3 is 2.83 bits per heavy atom. The van der Waals surface area contributed by atoms with Gasteiger partial charge in [-0.15, -0.1) is 0 Å². The molecule has 1 fully saturated rings. The van der Waals surface area contributed by atoms with Gasteiger partial charge in [0, 0.05) is 44.2 Å². The van der Waals surface area contributed by atoms with E-state index in [1.165, 1.54) is 11.1 Å². The van der Waals surface area contributed by atoms with E-state index in [4.69, 9.17) is 0 Å². The van der Waals surface area contributed by atoms with Gasteiger partial charge >= 0.3 is 0 Å². The van der Waals surface area contributed by atoms with Crippen LogP contribution in [0.3, 0.4) is 0 Å². The van der Waals surface area contributed by atoms with Crippen LogP contribution in [0.15, 0.2) is 48.9 Å². The minimum Gasteiger partial charge on any atom is -0.338 e. The maximum absolute atomic E-state index is 12.7. The quantitative estimate of drug-likeness (QED) is 0.797. The molecule has 0 bridgehead atoms. The van der Waals surface area contributed by atoms with Crippen molar-refractivity contribution in [3.8, 4) is 0 Å². The first kappa shape index (κ1) is 20.0. The molecule has 6 heteroatoms. The lowest BCUT2D eigenvalue weighted by Gasteiger charge is -2.16. The Hall–Kier alpha value is -3.28. The standard InChI is InChI=1S/C23H22N4O2.CH4/c28-21-3-2-17-9-15(12-25-23(17)26-21)1-4-22(29)27-13-19-10-18(11-20(19)14-27)16-5-7-24-8-6-16;/h1,4-10,12,19-20H,2-3,11,13-14H2,(H,25,26,28);1H4/b4-1+;. The molecule has 6 nitrogen and oxygen atoms in total. The summed E-state index contributed by atoms with van der Waals surface area (Å²) in [4.78, 5) is 34.4. The van der Waals surface area contributed by atoms with E-state index in [0.29, 0.717) is 30.5 Å². The average molecular weight is 402 g/mol. The minimum absolute atomic E-state index is 0. The van der Waals surface area contributed by atoms with E-state index >= 15 is 0 Å². The van der Waals surface area contributed by atoms with E-state index in [1.54, 1.807) is 12.3 Å². The van der Waals surface area contributed by atoms with E-state index in [1.807, 2.05) is 29.4 Å². The van der Waals surface area contributed by atoms with Gasteiger partial charge in [0.2, 0.25) is 11.8 Å². The molecule has 1 saturated heterocycles. The van der Waals surface area contributed by atoms with Gasteiger partial charge < -0.3 is 10.2 Å². The monoisotopic (exact) mass is 402 g/mol. The van der Waals surface area contributed by atoms with Crippen molar-refractivity contribution in [2.24, 2.45) is 11.8 Å². The highest BCUT2D eigenvalue weighted by Gasteiger charge is 2.37. The molecule has 2 aromatic heterocycles. The van der Waals surface area contributed by atoms with Crippen LogP contribution in [0, 0.1) is 11.8 Å². The molecule has 3 aliphatic rings. The van der Waals surface area contributed by atoms with Gasteiger partial charge in [-0.25, -0.2) is 4.98 Å². The number of nitrogens with one attached hydrogen (secondary N) is 1. The molecule has 0 radical (unpaired) electrons. The number of amides is 2. The first-order chi connectivity index (χ1) is 14.2. The number of hydrogen-bond acceptors (Lipinski definition) is 4. The molecule has 0 saturated carbocycles. The zero-order valence-corrected chi connectivity index (χ0v) is 16.0. The van der Waals surface area contributed by atoms with E-state index in [9.17, 15) is 9.59 Å². The lowest BCUT2D eigenvalue weighted by molar-refractivity contribution is -0.125. The Kier molecular flexibility index (Phi) is 5.48. The van der Waals surface area contributed by atoms with Crippen molar-refractivity contribution in [3.05, 3.63) is 65.6 Å². The van der Waals surface area contributed by atoms with Crippen LogP contribution >= 0.6 is 0 Å². The zero-order valence-electron chi connectivity index (χ0n) is 16.0. The summed E-state index contributed by atoms with van der Waals surface area (Å²) in [6, 6.07) is 6.10. The predicted molar refractivity (Wildman–Crippen MR) is 117 cm³/mol. The molecule has 1 aliphatic carbocycles. The summed E-state index contributed by atoms with van der Waals surface area (Å²) < 4.78 is 0. The first-order valence-corrected chi connectivity index (χ1v) is 10.0. The van der Waals surface area contributed by atoms with Crippen LogP contribution in [0.2, 0.25) is 0 Å². The number of aromatic nitrogens is 2. The number of likely N-dealkylation sites (tertiary alicyclic amines) is 1. The number of allylic oxidation sites excluding steroid dienone is 1. The Morgan fingerprint density at radius 1 is 1.20 bits per heavy atom. The summed E-state index contributed by atoms with van der Waals surface area (Å²) in [5.74, 6) is 1.62. The smallest absolute Gasteiger partial charge is 0.246 e. The second-order valence-corrected chi connectivity index (χ2v) is 7.96. The lowest BCUT2D eigenvalue weighted by atomic mass is 9.99. The van der Waals surface area contributed by atoms with Gasteiger partial charge in [0.25, 0.3) is 0 Å². The van der Waals surface area contributed by atoms with Crippen molar-refractivity contribution in [1.29, 1.82) is 0 Å². The Balaban J connectivity index is 0.00000218. The third-order valence-electron chi connectivity index (χ3n) is 6.04. The molecule has 2 atom stereocenters. The normalized spacial score (nSPS) is 22.2. The number of anilines is 1. The number of pyridine rings is 2. The van der Waals surface area contributed by atoms with Crippen LogP contribution in [0.4, 0.5) is 5.82 Å². The molecule has 30 heavy (non-hydrogen) atoms. The molecule has 1 N–H and O–H groups in total. The Bertz CT molecular complexity index is 1030. The van der Waals surface area contributed by atoms with Gasteiger partial charge in [0.15, 0.2) is 0 Å². The van der Waals surface area contributed by atoms with Crippen molar-refractivity contribution in [1.82, 2.24) is 14.9 Å². The molecule has 2 amide bonds. The molecule has 2 unspecified atom stereocenters. The summed E-state index contributed by atoms with van der Waals surface area (Å²) in [5.41, 5.74) is 4.51. The number of aryl methyl sites for hydroxylation is 1. The van der Waals surface area contributed by atoms with Crippen molar-refractivity contribution in [2.45, 2.75) is 26.7 Å². The lowest BCUT2D eigenvalue weighted by Crippen LogP contribution is -2.27. The van der Waals surface area contributed by atoms with Crippen LogP contribution in [0.1, 0.15) is 37.0 Å². The fourth-order valence-corrected chi connectivity index (χ4v) is 4.51. The Labute approximate surface area is 176 Å². The van der Waals surface area contributed by atoms with Gasteiger partial charge in [-0.3, -0.25) is 14.6 Å². The molecular formula is C24H26N4O2. The molecule has 0 aromatic carbocycles.